The van der Waals surface area contributed by atoms with Crippen LogP contribution in [-0.2, 0) is 16.1 Å². The lowest BCUT2D eigenvalue weighted by Gasteiger charge is -2.20. The highest BCUT2D eigenvalue weighted by atomic mass is 16.2. The van der Waals surface area contributed by atoms with Gasteiger partial charge in [0.25, 0.3) is 0 Å². The molecule has 0 aliphatic rings. The highest BCUT2D eigenvalue weighted by Gasteiger charge is 2.11. The standard InChI is InChI=1S/C18H25N3O2.CH2O/c1-3-4-11-18(23)20-21(2)13-17-15(8-5-6-12-19)9-7-10-16(17)14-22;1-2/h7,9-10,14H,3-4,6,11-13,19H2,1-2H3,(H,20,23);1H2. The fourth-order valence-electron chi connectivity index (χ4n) is 2.12. The molecular weight excluding hydrogens is 318 g/mol. The van der Waals surface area contributed by atoms with Crippen LogP contribution in [0.2, 0.25) is 0 Å². The van der Waals surface area contributed by atoms with Crippen LogP contribution in [0.1, 0.15) is 54.1 Å². The molecule has 3 N–H and O–H groups in total. The maximum Gasteiger partial charge on any atom is 0.234 e. The van der Waals surface area contributed by atoms with Crippen LogP contribution in [0.15, 0.2) is 18.2 Å². The molecule has 136 valence electrons. The van der Waals surface area contributed by atoms with E-state index in [2.05, 4.69) is 17.3 Å². The topological polar surface area (TPSA) is 92.5 Å². The van der Waals surface area contributed by atoms with Gasteiger partial charge < -0.3 is 10.5 Å². The largest absolute Gasteiger partial charge is 0.330 e. The Kier molecular flexibility index (Phi) is 12.5. The van der Waals surface area contributed by atoms with Crippen molar-refractivity contribution < 1.29 is 14.4 Å². The number of carbonyl (C=O) groups excluding carboxylic acids is 3. The molecule has 1 rings (SSSR count). The van der Waals surface area contributed by atoms with Crippen molar-refractivity contribution in [2.45, 2.75) is 39.2 Å². The van der Waals surface area contributed by atoms with Crippen molar-refractivity contribution in [3.63, 3.8) is 0 Å². The molecule has 0 aliphatic carbocycles. The number of hydrogen-bond donors (Lipinski definition) is 2. The van der Waals surface area contributed by atoms with Gasteiger partial charge in [0.2, 0.25) is 5.91 Å². The zero-order valence-corrected chi connectivity index (χ0v) is 15.0. The summed E-state index contributed by atoms with van der Waals surface area (Å²) in [6.07, 6.45) is 3.76. The number of unbranched alkanes of at least 4 members (excludes halogenated alkanes) is 1. The minimum absolute atomic E-state index is 0.0197. The van der Waals surface area contributed by atoms with Gasteiger partial charge in [-0.2, -0.15) is 0 Å². The van der Waals surface area contributed by atoms with Crippen molar-refractivity contribution in [2.24, 2.45) is 5.73 Å². The van der Waals surface area contributed by atoms with E-state index in [4.69, 9.17) is 10.5 Å². The summed E-state index contributed by atoms with van der Waals surface area (Å²) in [6.45, 7) is 4.96. The van der Waals surface area contributed by atoms with Gasteiger partial charge in [0.05, 0.1) is 0 Å². The number of hydrogen-bond acceptors (Lipinski definition) is 5. The molecule has 0 aromatic heterocycles. The maximum atomic E-state index is 11.8. The summed E-state index contributed by atoms with van der Waals surface area (Å²) in [7, 11) is 1.78. The maximum absolute atomic E-state index is 11.8. The zero-order valence-electron chi connectivity index (χ0n) is 15.0. The van der Waals surface area contributed by atoms with E-state index in [9.17, 15) is 9.59 Å². The number of aldehydes is 1. The highest BCUT2D eigenvalue weighted by Crippen LogP contribution is 2.14. The van der Waals surface area contributed by atoms with Gasteiger partial charge in [0, 0.05) is 44.1 Å². The van der Waals surface area contributed by atoms with Crippen molar-refractivity contribution >= 4 is 19.0 Å². The van der Waals surface area contributed by atoms with Gasteiger partial charge in [-0.3, -0.25) is 15.0 Å². The molecule has 6 nitrogen and oxygen atoms in total. The lowest BCUT2D eigenvalue weighted by molar-refractivity contribution is -0.125. The summed E-state index contributed by atoms with van der Waals surface area (Å²) in [6, 6.07) is 5.43. The molecule has 25 heavy (non-hydrogen) atoms. The van der Waals surface area contributed by atoms with E-state index in [1.54, 1.807) is 24.2 Å². The number of nitrogens with two attached hydrogens (primary N) is 1. The normalized spacial score (nSPS) is 9.44. The van der Waals surface area contributed by atoms with E-state index in [1.165, 1.54) is 0 Å². The second-order valence-electron chi connectivity index (χ2n) is 5.33. The Morgan fingerprint density at radius 1 is 1.40 bits per heavy atom. The molecular formula is C19H27N3O3. The molecule has 1 amide bonds. The first-order chi connectivity index (χ1) is 12.1. The van der Waals surface area contributed by atoms with Crippen LogP contribution in [0, 0.1) is 11.8 Å². The summed E-state index contributed by atoms with van der Waals surface area (Å²) >= 11 is 0. The second kappa shape index (κ2) is 13.9. The van der Waals surface area contributed by atoms with E-state index >= 15 is 0 Å². The van der Waals surface area contributed by atoms with Gasteiger partial charge in [-0.1, -0.05) is 37.3 Å². The predicted molar refractivity (Wildman–Crippen MR) is 98.6 cm³/mol. The number of hydrazine groups is 1. The Morgan fingerprint density at radius 2 is 2.12 bits per heavy atom. The minimum Gasteiger partial charge on any atom is -0.330 e. The molecule has 0 spiro atoms. The van der Waals surface area contributed by atoms with Crippen LogP contribution < -0.4 is 11.2 Å². The Morgan fingerprint density at radius 3 is 2.72 bits per heavy atom. The number of nitrogens with one attached hydrogen (secondary N) is 1. The Hall–Kier alpha value is -2.49. The summed E-state index contributed by atoms with van der Waals surface area (Å²) in [4.78, 5) is 31.1. The quantitative estimate of drug-likeness (QED) is 0.425. The highest BCUT2D eigenvalue weighted by molar-refractivity contribution is 5.79. The Balaban J connectivity index is 0.00000277. The third kappa shape index (κ3) is 8.80. The van der Waals surface area contributed by atoms with Crippen LogP contribution in [0.5, 0.6) is 0 Å². The van der Waals surface area contributed by atoms with Crippen LogP contribution in [0.25, 0.3) is 0 Å². The van der Waals surface area contributed by atoms with E-state index in [0.29, 0.717) is 31.5 Å². The van der Waals surface area contributed by atoms with Crippen molar-refractivity contribution in [3.8, 4) is 11.8 Å². The van der Waals surface area contributed by atoms with Gasteiger partial charge >= 0.3 is 0 Å². The molecule has 1 aromatic rings. The predicted octanol–water partition coefficient (Wildman–Crippen LogP) is 1.67. The monoisotopic (exact) mass is 345 g/mol. The van der Waals surface area contributed by atoms with Gasteiger partial charge in [0.15, 0.2) is 0 Å². The van der Waals surface area contributed by atoms with Crippen LogP contribution in [-0.4, -0.2) is 37.6 Å². The summed E-state index contributed by atoms with van der Waals surface area (Å²) in [5.41, 5.74) is 10.4. The Labute approximate surface area is 149 Å². The number of benzene rings is 1. The third-order valence-corrected chi connectivity index (χ3v) is 3.30. The second-order valence-corrected chi connectivity index (χ2v) is 5.33. The van der Waals surface area contributed by atoms with Crippen molar-refractivity contribution in [2.75, 3.05) is 13.6 Å². The van der Waals surface area contributed by atoms with Gasteiger partial charge in [-0.05, 0) is 18.1 Å². The molecule has 6 heteroatoms. The fraction of sp³-hybridized carbons (Fsp3) is 0.421. The SMILES string of the molecule is C=O.CCCCC(=O)NN(C)Cc1c(C#CCCN)cccc1C=O. The van der Waals surface area contributed by atoms with Crippen molar-refractivity contribution in [1.29, 1.82) is 0 Å². The van der Waals surface area contributed by atoms with Gasteiger partial charge in [-0.15, -0.1) is 0 Å². The first-order valence-electron chi connectivity index (χ1n) is 8.17. The van der Waals surface area contributed by atoms with Crippen LogP contribution >= 0.6 is 0 Å². The number of carbonyl (C=O) groups is 3. The first-order valence-corrected chi connectivity index (χ1v) is 8.17. The van der Waals surface area contributed by atoms with E-state index in [-0.39, 0.29) is 5.91 Å². The van der Waals surface area contributed by atoms with E-state index < -0.39 is 0 Å². The van der Waals surface area contributed by atoms with E-state index in [0.717, 1.165) is 30.3 Å². The number of amides is 1. The molecule has 0 saturated heterocycles. The average Bonchev–Trinajstić information content (AvgIpc) is 2.63. The van der Waals surface area contributed by atoms with Crippen LogP contribution in [0.4, 0.5) is 0 Å². The molecule has 0 aliphatic heterocycles. The molecule has 0 fully saturated rings. The Bertz CT molecular complexity index is 606. The molecule has 0 radical (unpaired) electrons. The molecule has 0 saturated carbocycles. The smallest absolute Gasteiger partial charge is 0.234 e. The first kappa shape index (κ1) is 22.5. The lowest BCUT2D eigenvalue weighted by atomic mass is 10.0. The number of rotatable bonds is 8. The minimum atomic E-state index is -0.0197. The average molecular weight is 345 g/mol. The fourth-order valence-corrected chi connectivity index (χ4v) is 2.12. The summed E-state index contributed by atoms with van der Waals surface area (Å²) in [5, 5.41) is 1.69. The van der Waals surface area contributed by atoms with E-state index in [1.807, 2.05) is 19.8 Å². The third-order valence-electron chi connectivity index (χ3n) is 3.30. The van der Waals surface area contributed by atoms with Gasteiger partial charge in [-0.25, -0.2) is 5.01 Å². The lowest BCUT2D eigenvalue weighted by Crippen LogP contribution is -2.39. The van der Waals surface area contributed by atoms with Gasteiger partial charge in [0.1, 0.15) is 13.1 Å². The van der Waals surface area contributed by atoms with Crippen molar-refractivity contribution in [3.05, 3.63) is 34.9 Å². The molecule has 0 atom stereocenters. The van der Waals surface area contributed by atoms with Crippen LogP contribution in [0.3, 0.4) is 0 Å². The molecule has 0 unspecified atom stereocenters. The van der Waals surface area contributed by atoms with Crippen molar-refractivity contribution in [1.82, 2.24) is 10.4 Å². The molecule has 0 bridgehead atoms. The molecule has 1 aromatic carbocycles. The number of nitrogens with zero attached hydrogens (tertiary/aromatic N) is 1. The zero-order chi connectivity index (χ0) is 19.1. The molecule has 0 heterocycles. The summed E-state index contributed by atoms with van der Waals surface area (Å²) in [5.74, 6) is 6.02. The summed E-state index contributed by atoms with van der Waals surface area (Å²) < 4.78 is 0.